The third-order valence-corrected chi connectivity index (χ3v) is 3.56. The number of benzene rings is 2. The molecule has 0 fully saturated rings. The fourth-order valence-corrected chi connectivity index (χ4v) is 2.40. The van der Waals surface area contributed by atoms with Crippen LogP contribution >= 0.6 is 0 Å². The average Bonchev–Trinajstić information content (AvgIpc) is 2.91. The van der Waals surface area contributed by atoms with Gasteiger partial charge in [0.15, 0.2) is 5.82 Å². The quantitative estimate of drug-likeness (QED) is 0.502. The molecule has 1 heterocycles. The molecule has 0 aromatic heterocycles. The normalized spacial score (nSPS) is 15.5. The maximum absolute atomic E-state index is 12.3. The van der Waals surface area contributed by atoms with Crippen LogP contribution in [0.15, 0.2) is 77.9 Å². The Morgan fingerprint density at radius 3 is 2.29 bits per heavy atom. The molecule has 6 heteroatoms. The minimum Gasteiger partial charge on any atom is -0.362 e. The molecule has 1 aliphatic rings. The van der Waals surface area contributed by atoms with Crippen LogP contribution in [0.3, 0.4) is 0 Å². The summed E-state index contributed by atoms with van der Waals surface area (Å²) in [6, 6.07) is 18.6. The van der Waals surface area contributed by atoms with Gasteiger partial charge in [-0.05, 0) is 17.2 Å². The Bertz CT molecular complexity index is 827. The van der Waals surface area contributed by atoms with Crippen molar-refractivity contribution in [3.63, 3.8) is 0 Å². The highest BCUT2D eigenvalue weighted by Crippen LogP contribution is 2.19. The minimum absolute atomic E-state index is 0.121. The zero-order valence-corrected chi connectivity index (χ0v) is 12.7. The van der Waals surface area contributed by atoms with Crippen LogP contribution in [0.4, 0.5) is 0 Å². The molecule has 0 aliphatic carbocycles. The number of hydrogen-bond donors (Lipinski definition) is 2. The van der Waals surface area contributed by atoms with E-state index in [-0.39, 0.29) is 11.5 Å². The van der Waals surface area contributed by atoms with Gasteiger partial charge >= 0.3 is 5.70 Å². The van der Waals surface area contributed by atoms with E-state index in [1.807, 2.05) is 60.7 Å². The van der Waals surface area contributed by atoms with Gasteiger partial charge in [0.2, 0.25) is 0 Å². The number of Topliss-reactive ketones (excluding diaryl/α,β-unsaturated/α-hetero) is 1. The van der Waals surface area contributed by atoms with E-state index in [0.29, 0.717) is 6.54 Å². The predicted molar refractivity (Wildman–Crippen MR) is 89.9 cm³/mol. The smallest absolute Gasteiger partial charge is 0.358 e. The summed E-state index contributed by atoms with van der Waals surface area (Å²) in [7, 11) is 0. The molecule has 3 rings (SSSR count). The second kappa shape index (κ2) is 6.78. The van der Waals surface area contributed by atoms with E-state index in [1.54, 1.807) is 6.08 Å². The number of carbonyl (C=O) groups is 1. The zero-order valence-electron chi connectivity index (χ0n) is 12.7. The lowest BCUT2D eigenvalue weighted by Crippen LogP contribution is -2.23. The van der Waals surface area contributed by atoms with E-state index in [0.717, 1.165) is 11.1 Å². The molecule has 1 aliphatic heterocycles. The van der Waals surface area contributed by atoms with Crippen molar-refractivity contribution in [2.45, 2.75) is 6.54 Å². The highest BCUT2D eigenvalue weighted by atomic mass is 16.6. The summed E-state index contributed by atoms with van der Waals surface area (Å²) in [4.78, 5) is 22.9. The largest absolute Gasteiger partial charge is 0.362 e. The van der Waals surface area contributed by atoms with Crippen molar-refractivity contribution in [1.29, 1.82) is 0 Å². The van der Waals surface area contributed by atoms with E-state index in [2.05, 4.69) is 10.6 Å². The third-order valence-electron chi connectivity index (χ3n) is 3.56. The molecule has 2 aromatic rings. The van der Waals surface area contributed by atoms with Crippen LogP contribution in [0, 0.1) is 10.1 Å². The van der Waals surface area contributed by atoms with Gasteiger partial charge in [-0.2, -0.15) is 0 Å². The molecule has 2 N–H and O–H groups in total. The topological polar surface area (TPSA) is 84.3 Å². The first-order chi connectivity index (χ1) is 11.6. The number of rotatable bonds is 5. The molecular formula is C18H15N3O3. The van der Waals surface area contributed by atoms with Gasteiger partial charge in [0.25, 0.3) is 5.78 Å². The number of nitro groups is 1. The second-order valence-electron chi connectivity index (χ2n) is 5.24. The summed E-state index contributed by atoms with van der Waals surface area (Å²) in [6.45, 7) is 0.381. The first-order valence-corrected chi connectivity index (χ1v) is 7.40. The van der Waals surface area contributed by atoms with Crippen LogP contribution in [0.25, 0.3) is 6.08 Å². The van der Waals surface area contributed by atoms with Crippen molar-refractivity contribution in [3.8, 4) is 0 Å². The van der Waals surface area contributed by atoms with Crippen molar-refractivity contribution in [2.24, 2.45) is 0 Å². The minimum atomic E-state index is -0.658. The number of ketones is 1. The van der Waals surface area contributed by atoms with Crippen LogP contribution in [-0.4, -0.2) is 10.7 Å². The Morgan fingerprint density at radius 2 is 1.67 bits per heavy atom. The van der Waals surface area contributed by atoms with Gasteiger partial charge in [0.1, 0.15) is 0 Å². The van der Waals surface area contributed by atoms with Crippen molar-refractivity contribution < 1.29 is 9.72 Å². The lowest BCUT2D eigenvalue weighted by atomic mass is 10.1. The molecule has 0 bridgehead atoms. The zero-order chi connectivity index (χ0) is 16.9. The summed E-state index contributed by atoms with van der Waals surface area (Å²) in [5, 5.41) is 17.0. The predicted octanol–water partition coefficient (Wildman–Crippen LogP) is 2.44. The molecule has 0 saturated heterocycles. The van der Waals surface area contributed by atoms with E-state index < -0.39 is 16.4 Å². The van der Waals surface area contributed by atoms with Gasteiger partial charge in [-0.15, -0.1) is 0 Å². The molecule has 0 radical (unpaired) electrons. The van der Waals surface area contributed by atoms with Crippen molar-refractivity contribution in [2.75, 3.05) is 0 Å². The Morgan fingerprint density at radius 1 is 1.04 bits per heavy atom. The fourth-order valence-electron chi connectivity index (χ4n) is 2.40. The summed E-state index contributed by atoms with van der Waals surface area (Å²) in [5.74, 6) is -0.504. The van der Waals surface area contributed by atoms with E-state index in [1.165, 1.54) is 0 Å². The molecule has 0 spiro atoms. The molecular weight excluding hydrogens is 306 g/mol. The number of nitrogens with one attached hydrogen (secondary N) is 2. The number of nitrogens with zero attached hydrogens (tertiary/aromatic N) is 1. The first-order valence-electron chi connectivity index (χ1n) is 7.40. The number of carbonyl (C=O) groups excluding carboxylic acids is 1. The lowest BCUT2D eigenvalue weighted by molar-refractivity contribution is -0.419. The van der Waals surface area contributed by atoms with Gasteiger partial charge in [-0.3, -0.25) is 14.9 Å². The number of hydrogen-bond acceptors (Lipinski definition) is 5. The van der Waals surface area contributed by atoms with Crippen LogP contribution in [-0.2, 0) is 11.3 Å². The van der Waals surface area contributed by atoms with Gasteiger partial charge in [0.05, 0.1) is 10.6 Å². The molecule has 24 heavy (non-hydrogen) atoms. The van der Waals surface area contributed by atoms with Gasteiger partial charge in [-0.25, -0.2) is 0 Å². The highest BCUT2D eigenvalue weighted by molar-refractivity contribution is 6.11. The summed E-state index contributed by atoms with van der Waals surface area (Å²) >= 11 is 0. The third kappa shape index (κ3) is 3.33. The van der Waals surface area contributed by atoms with E-state index >= 15 is 0 Å². The van der Waals surface area contributed by atoms with Crippen molar-refractivity contribution in [3.05, 3.63) is 99.1 Å². The molecule has 0 unspecified atom stereocenters. The SMILES string of the molecule is O=C1C([N+](=O)[O-])=C(NCc2ccccc2)N/C1=C\c1ccccc1. The molecule has 6 nitrogen and oxygen atoms in total. The molecule has 120 valence electrons. The fraction of sp³-hybridized carbons (Fsp3) is 0.0556. The highest BCUT2D eigenvalue weighted by Gasteiger charge is 2.37. The molecule has 2 aromatic carbocycles. The molecule has 0 amide bonds. The standard InChI is InChI=1S/C18H15N3O3/c22-17-15(11-13-7-3-1-4-8-13)20-18(16(17)21(23)24)19-12-14-9-5-2-6-10-14/h1-11,19-20H,12H2/b15-11-. The summed E-state index contributed by atoms with van der Waals surface area (Å²) in [5.41, 5.74) is 1.47. The monoisotopic (exact) mass is 321 g/mol. The maximum Gasteiger partial charge on any atom is 0.358 e. The molecule has 0 atom stereocenters. The Hall–Kier alpha value is -3.41. The summed E-state index contributed by atoms with van der Waals surface area (Å²) in [6.07, 6.45) is 1.60. The van der Waals surface area contributed by atoms with E-state index in [9.17, 15) is 14.9 Å². The Kier molecular flexibility index (Phi) is 4.38. The first kappa shape index (κ1) is 15.5. The van der Waals surface area contributed by atoms with Gasteiger partial charge < -0.3 is 10.6 Å². The second-order valence-corrected chi connectivity index (χ2v) is 5.24. The van der Waals surface area contributed by atoms with Crippen molar-refractivity contribution in [1.82, 2.24) is 10.6 Å². The van der Waals surface area contributed by atoms with Gasteiger partial charge in [0, 0.05) is 6.54 Å². The Labute approximate surface area is 138 Å². The van der Waals surface area contributed by atoms with Crippen LogP contribution < -0.4 is 10.6 Å². The lowest BCUT2D eigenvalue weighted by Gasteiger charge is -2.07. The van der Waals surface area contributed by atoms with Gasteiger partial charge in [-0.1, -0.05) is 60.7 Å². The maximum atomic E-state index is 12.3. The van der Waals surface area contributed by atoms with Crippen LogP contribution in [0.2, 0.25) is 0 Å². The van der Waals surface area contributed by atoms with E-state index in [4.69, 9.17) is 0 Å². The van der Waals surface area contributed by atoms with Crippen LogP contribution in [0.5, 0.6) is 0 Å². The Balaban J connectivity index is 1.82. The van der Waals surface area contributed by atoms with Crippen molar-refractivity contribution >= 4 is 11.9 Å². The van der Waals surface area contributed by atoms with Crippen LogP contribution in [0.1, 0.15) is 11.1 Å². The average molecular weight is 321 g/mol. The molecule has 0 saturated carbocycles. The summed E-state index contributed by atoms with van der Waals surface area (Å²) < 4.78 is 0.